The smallest absolute Gasteiger partial charge is 0.330 e. The lowest BCUT2D eigenvalue weighted by Gasteiger charge is -2.37. The van der Waals surface area contributed by atoms with E-state index in [-0.39, 0.29) is 0 Å². The molecule has 1 heterocycles. The molecule has 4 aromatic carbocycles. The quantitative estimate of drug-likeness (QED) is 0.314. The van der Waals surface area contributed by atoms with Crippen molar-refractivity contribution >= 4 is 55.2 Å². The summed E-state index contributed by atoms with van der Waals surface area (Å²) in [6.45, 7) is 7.36. The van der Waals surface area contributed by atoms with E-state index in [0.29, 0.717) is 0 Å². The van der Waals surface area contributed by atoms with Gasteiger partial charge in [0, 0.05) is 20.2 Å². The van der Waals surface area contributed by atoms with Gasteiger partial charge in [-0.25, -0.2) is 0 Å². The molecule has 1 N–H and O–H groups in total. The predicted octanol–water partition coefficient (Wildman–Crippen LogP) is 6.67. The third-order valence-corrected chi connectivity index (χ3v) is 8.31. The SMILES string of the molecule is CC(C)(O)C(C)(C)O[B]c1ccc2sc3c4cccc5c4c(cc3c2c1)-c1ccccc1-5. The van der Waals surface area contributed by atoms with Gasteiger partial charge in [0.2, 0.25) is 0 Å². The second kappa shape index (κ2) is 6.68. The summed E-state index contributed by atoms with van der Waals surface area (Å²) in [5, 5.41) is 15.6. The maximum absolute atomic E-state index is 10.4. The number of thiophene rings is 1. The number of fused-ring (bicyclic) bond motifs is 7. The highest BCUT2D eigenvalue weighted by molar-refractivity contribution is 7.26. The van der Waals surface area contributed by atoms with Gasteiger partial charge in [-0.05, 0) is 72.9 Å². The number of hydrogen-bond donors (Lipinski definition) is 1. The maximum Gasteiger partial charge on any atom is 0.330 e. The van der Waals surface area contributed by atoms with E-state index in [9.17, 15) is 5.11 Å². The Morgan fingerprint density at radius 2 is 1.47 bits per heavy atom. The van der Waals surface area contributed by atoms with Crippen molar-refractivity contribution in [2.75, 3.05) is 0 Å². The van der Waals surface area contributed by atoms with Crippen LogP contribution in [0, 0.1) is 0 Å². The molecule has 2 nitrogen and oxygen atoms in total. The number of hydrogen-bond acceptors (Lipinski definition) is 3. The molecule has 1 aromatic heterocycles. The van der Waals surface area contributed by atoms with Gasteiger partial charge in [0.05, 0.1) is 11.2 Å². The van der Waals surface area contributed by atoms with Gasteiger partial charge in [-0.1, -0.05) is 60.1 Å². The summed E-state index contributed by atoms with van der Waals surface area (Å²) >= 11 is 1.86. The minimum atomic E-state index is -0.948. The van der Waals surface area contributed by atoms with E-state index in [1.54, 1.807) is 21.3 Å². The Hall–Kier alpha value is -2.66. The van der Waals surface area contributed by atoms with Crippen molar-refractivity contribution in [1.29, 1.82) is 0 Å². The molecule has 0 saturated carbocycles. The fourth-order valence-electron chi connectivity index (χ4n) is 4.55. The van der Waals surface area contributed by atoms with Crippen LogP contribution < -0.4 is 5.46 Å². The van der Waals surface area contributed by atoms with Gasteiger partial charge >= 0.3 is 7.48 Å². The molecule has 0 bridgehead atoms. The first-order chi connectivity index (χ1) is 15.2. The summed E-state index contributed by atoms with van der Waals surface area (Å²) in [6, 6.07) is 24.2. The van der Waals surface area contributed by atoms with E-state index >= 15 is 0 Å². The molecule has 0 saturated heterocycles. The molecular formula is C28H24BO2S. The van der Waals surface area contributed by atoms with Crippen LogP contribution in [0.25, 0.3) is 53.2 Å². The zero-order valence-corrected chi connectivity index (χ0v) is 19.5. The van der Waals surface area contributed by atoms with Crippen LogP contribution in [0.5, 0.6) is 0 Å². The van der Waals surface area contributed by atoms with Crippen molar-refractivity contribution in [3.8, 4) is 22.3 Å². The summed E-state index contributed by atoms with van der Waals surface area (Å²) in [4.78, 5) is 0. The Morgan fingerprint density at radius 3 is 2.22 bits per heavy atom. The van der Waals surface area contributed by atoms with Gasteiger partial charge in [0.25, 0.3) is 0 Å². The Bertz CT molecular complexity index is 1540. The van der Waals surface area contributed by atoms with E-state index in [0.717, 1.165) is 5.46 Å². The molecule has 4 heteroatoms. The molecule has 0 spiro atoms. The van der Waals surface area contributed by atoms with Crippen LogP contribution in [0.2, 0.25) is 0 Å². The lowest BCUT2D eigenvalue weighted by atomic mass is 9.82. The van der Waals surface area contributed by atoms with E-state index in [2.05, 4.69) is 66.7 Å². The van der Waals surface area contributed by atoms with Crippen LogP contribution in [-0.4, -0.2) is 23.8 Å². The Morgan fingerprint density at radius 1 is 0.750 bits per heavy atom. The monoisotopic (exact) mass is 435 g/mol. The number of benzene rings is 4. The molecule has 1 aliphatic rings. The molecule has 1 radical (unpaired) electrons. The molecular weight excluding hydrogens is 411 g/mol. The summed E-state index contributed by atoms with van der Waals surface area (Å²) < 4.78 is 8.63. The van der Waals surface area contributed by atoms with Crippen molar-refractivity contribution < 1.29 is 9.76 Å². The fourth-order valence-corrected chi connectivity index (χ4v) is 5.74. The van der Waals surface area contributed by atoms with Gasteiger partial charge in [-0.15, -0.1) is 11.3 Å². The Kier molecular flexibility index (Phi) is 4.17. The van der Waals surface area contributed by atoms with E-state index < -0.39 is 11.2 Å². The topological polar surface area (TPSA) is 29.5 Å². The molecule has 0 fully saturated rings. The summed E-state index contributed by atoms with van der Waals surface area (Å²) in [7, 11) is 1.77. The van der Waals surface area contributed by atoms with Crippen molar-refractivity contribution in [3.05, 3.63) is 66.7 Å². The second-order valence-electron chi connectivity index (χ2n) is 9.74. The van der Waals surface area contributed by atoms with Gasteiger partial charge in [0.15, 0.2) is 0 Å². The molecule has 32 heavy (non-hydrogen) atoms. The lowest BCUT2D eigenvalue weighted by Crippen LogP contribution is -2.49. The van der Waals surface area contributed by atoms with Crippen LogP contribution >= 0.6 is 11.3 Å². The first kappa shape index (κ1) is 20.0. The maximum atomic E-state index is 10.4. The average molecular weight is 435 g/mol. The third kappa shape index (κ3) is 2.80. The van der Waals surface area contributed by atoms with E-state index in [1.807, 2.05) is 25.2 Å². The van der Waals surface area contributed by atoms with Crippen molar-refractivity contribution in [2.45, 2.75) is 38.9 Å². The van der Waals surface area contributed by atoms with Gasteiger partial charge in [-0.2, -0.15) is 0 Å². The summed E-state index contributed by atoms with van der Waals surface area (Å²) in [5.41, 5.74) is 4.66. The zero-order valence-electron chi connectivity index (χ0n) is 18.7. The van der Waals surface area contributed by atoms with Gasteiger partial charge < -0.3 is 9.76 Å². The molecule has 157 valence electrons. The Balaban J connectivity index is 1.53. The van der Waals surface area contributed by atoms with E-state index in [4.69, 9.17) is 4.65 Å². The Labute approximate surface area is 192 Å². The van der Waals surface area contributed by atoms with Gasteiger partial charge in [0.1, 0.15) is 0 Å². The largest absolute Gasteiger partial charge is 0.427 e. The zero-order chi connectivity index (χ0) is 22.3. The van der Waals surface area contributed by atoms with Crippen molar-refractivity contribution in [2.24, 2.45) is 0 Å². The molecule has 0 atom stereocenters. The predicted molar refractivity (Wildman–Crippen MR) is 138 cm³/mol. The molecule has 0 unspecified atom stereocenters. The standard InChI is InChI=1S/C28H24BO2S/c1-27(2,30)28(3,4)31-29-16-12-13-24-21(14-16)23-15-22-18-9-6-5-8-17(18)19-10-7-11-20(25(19)22)26(23)32-24/h5-15,30H,1-4H3. The van der Waals surface area contributed by atoms with Crippen LogP contribution in [0.3, 0.4) is 0 Å². The third-order valence-electron chi connectivity index (χ3n) is 7.09. The second-order valence-corrected chi connectivity index (χ2v) is 10.8. The first-order valence-electron chi connectivity index (χ1n) is 11.0. The summed E-state index contributed by atoms with van der Waals surface area (Å²) in [6.07, 6.45) is 0. The van der Waals surface area contributed by atoms with Crippen molar-refractivity contribution in [3.63, 3.8) is 0 Å². The average Bonchev–Trinajstić information content (AvgIpc) is 3.29. The fraction of sp³-hybridized carbons (Fsp3) is 0.214. The van der Waals surface area contributed by atoms with E-state index in [1.165, 1.54) is 53.2 Å². The highest BCUT2D eigenvalue weighted by Gasteiger charge is 2.35. The van der Waals surface area contributed by atoms with Crippen LogP contribution in [0.1, 0.15) is 27.7 Å². The molecule has 6 rings (SSSR count). The molecule has 0 amide bonds. The normalized spacial score (nSPS) is 13.3. The minimum absolute atomic E-state index is 0.694. The van der Waals surface area contributed by atoms with Gasteiger partial charge in [-0.3, -0.25) is 0 Å². The van der Waals surface area contributed by atoms with Crippen LogP contribution in [-0.2, 0) is 4.65 Å². The van der Waals surface area contributed by atoms with Crippen molar-refractivity contribution in [1.82, 2.24) is 0 Å². The number of rotatable bonds is 4. The molecule has 0 aliphatic heterocycles. The minimum Gasteiger partial charge on any atom is -0.427 e. The molecule has 5 aromatic rings. The highest BCUT2D eigenvalue weighted by atomic mass is 32.1. The van der Waals surface area contributed by atoms with Crippen LogP contribution in [0.15, 0.2) is 66.7 Å². The number of aliphatic hydroxyl groups is 1. The summed E-state index contributed by atoms with van der Waals surface area (Å²) in [5.74, 6) is 0. The molecule has 1 aliphatic carbocycles. The first-order valence-corrected chi connectivity index (χ1v) is 11.8. The highest BCUT2D eigenvalue weighted by Crippen LogP contribution is 2.51. The lowest BCUT2D eigenvalue weighted by molar-refractivity contribution is -0.0893. The van der Waals surface area contributed by atoms with Crippen LogP contribution in [0.4, 0.5) is 0 Å².